The van der Waals surface area contributed by atoms with Crippen molar-refractivity contribution >= 4 is 16.0 Å². The molecule has 1 saturated heterocycles. The smallest absolute Gasteiger partial charge is 0.373 e. The Morgan fingerprint density at radius 2 is 1.66 bits per heavy atom. The highest BCUT2D eigenvalue weighted by Gasteiger charge is 2.29. The van der Waals surface area contributed by atoms with Gasteiger partial charge >= 0.3 is 5.97 Å². The fourth-order valence-electron chi connectivity index (χ4n) is 3.30. The Kier molecular flexibility index (Phi) is 6.16. The van der Waals surface area contributed by atoms with Crippen LogP contribution in [0.1, 0.15) is 42.6 Å². The number of hydrogen-bond acceptors (Lipinski definition) is 6. The quantitative estimate of drug-likeness (QED) is 0.692. The van der Waals surface area contributed by atoms with E-state index in [9.17, 15) is 13.2 Å². The molecule has 29 heavy (non-hydrogen) atoms. The molecule has 1 aliphatic heterocycles. The van der Waals surface area contributed by atoms with E-state index in [1.54, 1.807) is 24.3 Å². The maximum absolute atomic E-state index is 13.0. The summed E-state index contributed by atoms with van der Waals surface area (Å²) in [4.78, 5) is 13.9. The standard InChI is InChI=1S/C21H28N2O5S/c1-21(2,3)16-5-8-18(9-6-16)29(25,26)23-13-11-22(12-14-23)15-17-7-10-19(28-17)20(24)27-4/h5-10H,11-15H2,1-4H3. The number of methoxy groups -OCH3 is 1. The number of benzene rings is 1. The summed E-state index contributed by atoms with van der Waals surface area (Å²) in [5.74, 6) is 0.312. The van der Waals surface area contributed by atoms with Crippen LogP contribution in [0.25, 0.3) is 0 Å². The molecule has 0 atom stereocenters. The maximum atomic E-state index is 13.0. The van der Waals surface area contributed by atoms with E-state index >= 15 is 0 Å². The van der Waals surface area contributed by atoms with E-state index in [2.05, 4.69) is 30.4 Å². The summed E-state index contributed by atoms with van der Waals surface area (Å²) in [5, 5.41) is 0. The van der Waals surface area contributed by atoms with Crippen LogP contribution in [0, 0.1) is 0 Å². The molecule has 0 unspecified atom stereocenters. The molecule has 0 radical (unpaired) electrons. The van der Waals surface area contributed by atoms with E-state index in [1.807, 2.05) is 12.1 Å². The zero-order valence-electron chi connectivity index (χ0n) is 17.3. The van der Waals surface area contributed by atoms with Gasteiger partial charge in [0.25, 0.3) is 0 Å². The molecule has 7 nitrogen and oxygen atoms in total. The first-order chi connectivity index (χ1) is 13.6. The molecule has 0 amide bonds. The third-order valence-electron chi connectivity index (χ3n) is 5.12. The van der Waals surface area contributed by atoms with Crippen molar-refractivity contribution in [3.63, 3.8) is 0 Å². The van der Waals surface area contributed by atoms with Crippen molar-refractivity contribution in [2.24, 2.45) is 0 Å². The van der Waals surface area contributed by atoms with Crippen LogP contribution in [0.5, 0.6) is 0 Å². The van der Waals surface area contributed by atoms with Crippen LogP contribution in [0.15, 0.2) is 45.7 Å². The first-order valence-electron chi connectivity index (χ1n) is 9.61. The molecule has 8 heteroatoms. The van der Waals surface area contributed by atoms with Gasteiger partial charge in [-0.15, -0.1) is 0 Å². The van der Waals surface area contributed by atoms with Gasteiger partial charge in [-0.25, -0.2) is 13.2 Å². The second kappa shape index (κ2) is 8.30. The second-order valence-corrected chi connectivity index (χ2v) is 10.2. The molecule has 0 spiro atoms. The van der Waals surface area contributed by atoms with Crippen molar-refractivity contribution in [2.45, 2.75) is 37.6 Å². The van der Waals surface area contributed by atoms with Crippen LogP contribution in [-0.4, -0.2) is 56.9 Å². The Hall–Kier alpha value is -2.16. The van der Waals surface area contributed by atoms with Crippen molar-refractivity contribution in [3.8, 4) is 0 Å². The third kappa shape index (κ3) is 4.88. The van der Waals surface area contributed by atoms with Gasteiger partial charge in [-0.2, -0.15) is 4.31 Å². The summed E-state index contributed by atoms with van der Waals surface area (Å²) in [6.07, 6.45) is 0. The Morgan fingerprint density at radius 3 is 2.21 bits per heavy atom. The lowest BCUT2D eigenvalue weighted by molar-refractivity contribution is 0.0560. The van der Waals surface area contributed by atoms with Gasteiger partial charge < -0.3 is 9.15 Å². The topological polar surface area (TPSA) is 80.1 Å². The number of nitrogens with zero attached hydrogens (tertiary/aromatic N) is 2. The highest BCUT2D eigenvalue weighted by molar-refractivity contribution is 7.89. The number of sulfonamides is 1. The minimum absolute atomic E-state index is 0.0203. The summed E-state index contributed by atoms with van der Waals surface area (Å²) < 4.78 is 37.6. The first kappa shape index (κ1) is 21.5. The summed E-state index contributed by atoms with van der Waals surface area (Å²) in [5.41, 5.74) is 1.08. The lowest BCUT2D eigenvalue weighted by atomic mass is 9.87. The number of carbonyl (C=O) groups excluding carboxylic acids is 1. The fraction of sp³-hybridized carbons (Fsp3) is 0.476. The zero-order chi connectivity index (χ0) is 21.2. The highest BCUT2D eigenvalue weighted by atomic mass is 32.2. The van der Waals surface area contributed by atoms with Gasteiger partial charge in [0.1, 0.15) is 5.76 Å². The molecule has 2 heterocycles. The number of ether oxygens (including phenoxy) is 1. The SMILES string of the molecule is COC(=O)c1ccc(CN2CCN(S(=O)(=O)c3ccc(C(C)(C)C)cc3)CC2)o1. The van der Waals surface area contributed by atoms with Gasteiger partial charge in [-0.3, -0.25) is 4.90 Å². The summed E-state index contributed by atoms with van der Waals surface area (Å²) in [6, 6.07) is 10.5. The lowest BCUT2D eigenvalue weighted by Gasteiger charge is -2.33. The third-order valence-corrected chi connectivity index (χ3v) is 7.03. The molecule has 0 saturated carbocycles. The van der Waals surface area contributed by atoms with Crippen molar-refractivity contribution in [1.29, 1.82) is 0 Å². The Bertz CT molecular complexity index is 950. The normalized spacial score (nSPS) is 16.7. The van der Waals surface area contributed by atoms with Crippen molar-refractivity contribution < 1.29 is 22.4 Å². The predicted octanol–water partition coefficient (Wildman–Crippen LogP) is 2.87. The molecular formula is C21H28N2O5S. The molecule has 0 bridgehead atoms. The minimum atomic E-state index is -3.51. The van der Waals surface area contributed by atoms with Gasteiger partial charge in [-0.1, -0.05) is 32.9 Å². The van der Waals surface area contributed by atoms with Crippen LogP contribution in [-0.2, 0) is 26.7 Å². The number of rotatable bonds is 5. The largest absolute Gasteiger partial charge is 0.463 e. The second-order valence-electron chi connectivity index (χ2n) is 8.21. The Labute approximate surface area is 172 Å². The molecule has 0 N–H and O–H groups in total. The molecule has 1 fully saturated rings. The fourth-order valence-corrected chi connectivity index (χ4v) is 4.72. The molecule has 1 aromatic carbocycles. The number of furan rings is 1. The van der Waals surface area contributed by atoms with Crippen LogP contribution < -0.4 is 0 Å². The zero-order valence-corrected chi connectivity index (χ0v) is 18.2. The number of piperazine rings is 1. The molecule has 1 aromatic heterocycles. The Morgan fingerprint density at radius 1 is 1.03 bits per heavy atom. The van der Waals surface area contributed by atoms with Crippen LogP contribution in [0.2, 0.25) is 0 Å². The van der Waals surface area contributed by atoms with Gasteiger partial charge in [0.2, 0.25) is 15.8 Å². The molecule has 1 aliphatic rings. The van der Waals surface area contributed by atoms with Crippen molar-refractivity contribution in [3.05, 3.63) is 53.5 Å². The van der Waals surface area contributed by atoms with Gasteiger partial charge in [0, 0.05) is 26.2 Å². The molecule has 2 aromatic rings. The van der Waals surface area contributed by atoms with Crippen LogP contribution >= 0.6 is 0 Å². The summed E-state index contributed by atoms with van der Waals surface area (Å²) in [7, 11) is -2.20. The molecular weight excluding hydrogens is 392 g/mol. The predicted molar refractivity (Wildman–Crippen MR) is 109 cm³/mol. The summed E-state index contributed by atoms with van der Waals surface area (Å²) in [6.45, 7) is 8.82. The van der Waals surface area contributed by atoms with E-state index in [-0.39, 0.29) is 11.2 Å². The van der Waals surface area contributed by atoms with Gasteiger partial charge in [0.05, 0.1) is 18.6 Å². The number of esters is 1. The maximum Gasteiger partial charge on any atom is 0.373 e. The van der Waals surface area contributed by atoms with Crippen molar-refractivity contribution in [2.75, 3.05) is 33.3 Å². The van der Waals surface area contributed by atoms with Crippen LogP contribution in [0.4, 0.5) is 0 Å². The van der Waals surface area contributed by atoms with Crippen molar-refractivity contribution in [1.82, 2.24) is 9.21 Å². The monoisotopic (exact) mass is 420 g/mol. The van der Waals surface area contributed by atoms with Gasteiger partial charge in [-0.05, 0) is 35.2 Å². The molecule has 0 aliphatic carbocycles. The van der Waals surface area contributed by atoms with E-state index in [0.29, 0.717) is 43.4 Å². The summed E-state index contributed by atoms with van der Waals surface area (Å²) >= 11 is 0. The average molecular weight is 421 g/mol. The molecule has 158 valence electrons. The van der Waals surface area contributed by atoms with E-state index in [1.165, 1.54) is 11.4 Å². The minimum Gasteiger partial charge on any atom is -0.463 e. The van der Waals surface area contributed by atoms with E-state index < -0.39 is 16.0 Å². The lowest BCUT2D eigenvalue weighted by Crippen LogP contribution is -2.48. The number of carbonyl (C=O) groups is 1. The Balaban J connectivity index is 1.61. The van der Waals surface area contributed by atoms with E-state index in [4.69, 9.17) is 4.42 Å². The first-order valence-corrected chi connectivity index (χ1v) is 11.1. The van der Waals surface area contributed by atoms with Gasteiger partial charge in [0.15, 0.2) is 0 Å². The average Bonchev–Trinajstić information content (AvgIpc) is 3.15. The highest BCUT2D eigenvalue weighted by Crippen LogP contribution is 2.25. The number of hydrogen-bond donors (Lipinski definition) is 0. The molecule has 3 rings (SSSR count). The van der Waals surface area contributed by atoms with E-state index in [0.717, 1.165) is 5.56 Å². The van der Waals surface area contributed by atoms with Crippen LogP contribution in [0.3, 0.4) is 0 Å².